The smallest absolute Gasteiger partial charge is 0.00967 e. The summed E-state index contributed by atoms with van der Waals surface area (Å²) in [7, 11) is 0. The Kier molecular flexibility index (Phi) is 4.15. The highest BCUT2D eigenvalue weighted by Gasteiger charge is 2.13. The van der Waals surface area contributed by atoms with Gasteiger partial charge in [-0.3, -0.25) is 0 Å². The number of benzene rings is 1. The Morgan fingerprint density at radius 2 is 1.81 bits per heavy atom. The van der Waals surface area contributed by atoms with Crippen molar-refractivity contribution in [2.24, 2.45) is 0 Å². The maximum Gasteiger partial charge on any atom is 0.00967 e. The van der Waals surface area contributed by atoms with Gasteiger partial charge in [-0.05, 0) is 51.7 Å². The summed E-state index contributed by atoms with van der Waals surface area (Å²) >= 11 is 0. The molecule has 0 aliphatic rings. The van der Waals surface area contributed by atoms with E-state index in [0.29, 0.717) is 5.92 Å². The van der Waals surface area contributed by atoms with Gasteiger partial charge in [0.1, 0.15) is 0 Å². The fraction of sp³-hybridized carbons (Fsp3) is 0.600. The monoisotopic (exact) mass is 219 g/mol. The highest BCUT2D eigenvalue weighted by molar-refractivity contribution is 5.32. The van der Waals surface area contributed by atoms with Gasteiger partial charge in [0, 0.05) is 12.1 Å². The van der Waals surface area contributed by atoms with Crippen molar-refractivity contribution in [1.82, 2.24) is 5.32 Å². The van der Waals surface area contributed by atoms with E-state index in [2.05, 4.69) is 65.1 Å². The number of nitrogens with one attached hydrogen (secondary N) is 1. The van der Waals surface area contributed by atoms with Gasteiger partial charge in [0.05, 0.1) is 0 Å². The standard InChI is InChI=1S/C15H25N/c1-11-7-8-14(12(2)9-11)13(3)10-16-15(4,5)6/h7-9,13,16H,10H2,1-6H3. The van der Waals surface area contributed by atoms with Crippen LogP contribution in [0.3, 0.4) is 0 Å². The van der Waals surface area contributed by atoms with Crippen LogP contribution in [-0.4, -0.2) is 12.1 Å². The number of aryl methyl sites for hydroxylation is 2. The van der Waals surface area contributed by atoms with Crippen LogP contribution in [0.15, 0.2) is 18.2 Å². The molecular weight excluding hydrogens is 194 g/mol. The van der Waals surface area contributed by atoms with Crippen molar-refractivity contribution in [3.05, 3.63) is 34.9 Å². The topological polar surface area (TPSA) is 12.0 Å². The van der Waals surface area contributed by atoms with Gasteiger partial charge in [0.15, 0.2) is 0 Å². The summed E-state index contributed by atoms with van der Waals surface area (Å²) in [6, 6.07) is 6.73. The molecule has 0 saturated carbocycles. The van der Waals surface area contributed by atoms with E-state index in [1.54, 1.807) is 0 Å². The van der Waals surface area contributed by atoms with Crippen LogP contribution in [0.1, 0.15) is 50.3 Å². The third-order valence-corrected chi connectivity index (χ3v) is 2.89. The van der Waals surface area contributed by atoms with Gasteiger partial charge in [-0.2, -0.15) is 0 Å². The summed E-state index contributed by atoms with van der Waals surface area (Å²) in [5.41, 5.74) is 4.41. The molecular formula is C15H25N. The quantitative estimate of drug-likeness (QED) is 0.815. The summed E-state index contributed by atoms with van der Waals surface area (Å²) < 4.78 is 0. The van der Waals surface area contributed by atoms with Gasteiger partial charge in [-0.25, -0.2) is 0 Å². The van der Waals surface area contributed by atoms with Crippen LogP contribution in [0, 0.1) is 13.8 Å². The van der Waals surface area contributed by atoms with E-state index in [-0.39, 0.29) is 5.54 Å². The Bertz CT molecular complexity index is 347. The highest BCUT2D eigenvalue weighted by atomic mass is 14.9. The molecule has 90 valence electrons. The third-order valence-electron chi connectivity index (χ3n) is 2.89. The average Bonchev–Trinajstić information content (AvgIpc) is 2.13. The molecule has 1 atom stereocenters. The van der Waals surface area contributed by atoms with Crippen molar-refractivity contribution in [2.75, 3.05) is 6.54 Å². The minimum absolute atomic E-state index is 0.201. The minimum Gasteiger partial charge on any atom is -0.311 e. The largest absolute Gasteiger partial charge is 0.311 e. The number of hydrogen-bond donors (Lipinski definition) is 1. The molecule has 1 rings (SSSR count). The molecule has 0 radical (unpaired) electrons. The predicted molar refractivity (Wildman–Crippen MR) is 72.1 cm³/mol. The number of hydrogen-bond acceptors (Lipinski definition) is 1. The molecule has 1 N–H and O–H groups in total. The number of rotatable bonds is 3. The Hall–Kier alpha value is -0.820. The molecule has 0 amide bonds. The van der Waals surface area contributed by atoms with Crippen LogP contribution in [0.25, 0.3) is 0 Å². The van der Waals surface area contributed by atoms with Gasteiger partial charge in [-0.1, -0.05) is 30.7 Å². The maximum atomic E-state index is 3.56. The van der Waals surface area contributed by atoms with E-state index >= 15 is 0 Å². The van der Waals surface area contributed by atoms with Crippen LogP contribution in [0.4, 0.5) is 0 Å². The summed E-state index contributed by atoms with van der Waals surface area (Å²) in [5.74, 6) is 0.569. The lowest BCUT2D eigenvalue weighted by Gasteiger charge is -2.24. The molecule has 1 unspecified atom stereocenters. The lowest BCUT2D eigenvalue weighted by Crippen LogP contribution is -2.38. The molecule has 0 bridgehead atoms. The maximum absolute atomic E-state index is 3.56. The van der Waals surface area contributed by atoms with Crippen molar-refractivity contribution in [3.8, 4) is 0 Å². The van der Waals surface area contributed by atoms with Crippen LogP contribution in [-0.2, 0) is 0 Å². The highest BCUT2D eigenvalue weighted by Crippen LogP contribution is 2.20. The van der Waals surface area contributed by atoms with E-state index in [4.69, 9.17) is 0 Å². The Labute approximate surface area is 100 Å². The third kappa shape index (κ3) is 3.97. The lowest BCUT2D eigenvalue weighted by atomic mass is 9.94. The molecule has 0 aliphatic heterocycles. The molecule has 1 aromatic carbocycles. The first-order valence-electron chi connectivity index (χ1n) is 6.12. The molecule has 1 heteroatoms. The second-order valence-electron chi connectivity index (χ2n) is 5.89. The van der Waals surface area contributed by atoms with Crippen LogP contribution < -0.4 is 5.32 Å². The molecule has 1 nitrogen and oxygen atoms in total. The van der Waals surface area contributed by atoms with Gasteiger partial charge in [0.25, 0.3) is 0 Å². The minimum atomic E-state index is 0.201. The van der Waals surface area contributed by atoms with Gasteiger partial charge in [-0.15, -0.1) is 0 Å². The van der Waals surface area contributed by atoms with Gasteiger partial charge in [0.2, 0.25) is 0 Å². The second kappa shape index (κ2) is 5.01. The Morgan fingerprint density at radius 3 is 2.31 bits per heavy atom. The second-order valence-corrected chi connectivity index (χ2v) is 5.89. The molecule has 0 heterocycles. The fourth-order valence-corrected chi connectivity index (χ4v) is 1.95. The van der Waals surface area contributed by atoms with Crippen molar-refractivity contribution >= 4 is 0 Å². The molecule has 0 aromatic heterocycles. The zero-order valence-corrected chi connectivity index (χ0v) is 11.5. The van der Waals surface area contributed by atoms with Crippen molar-refractivity contribution in [1.29, 1.82) is 0 Å². The molecule has 0 aliphatic carbocycles. The molecule has 0 spiro atoms. The summed E-state index contributed by atoms with van der Waals surface area (Å²) in [6.45, 7) is 14.3. The van der Waals surface area contributed by atoms with E-state index in [1.807, 2.05) is 0 Å². The Morgan fingerprint density at radius 1 is 1.19 bits per heavy atom. The van der Waals surface area contributed by atoms with E-state index < -0.39 is 0 Å². The van der Waals surface area contributed by atoms with Gasteiger partial charge >= 0.3 is 0 Å². The van der Waals surface area contributed by atoms with E-state index in [1.165, 1.54) is 16.7 Å². The first-order valence-corrected chi connectivity index (χ1v) is 6.12. The normalized spacial score (nSPS) is 13.9. The summed E-state index contributed by atoms with van der Waals surface area (Å²) in [4.78, 5) is 0. The van der Waals surface area contributed by atoms with E-state index in [9.17, 15) is 0 Å². The average molecular weight is 219 g/mol. The van der Waals surface area contributed by atoms with Crippen LogP contribution >= 0.6 is 0 Å². The molecule has 0 fully saturated rings. The summed E-state index contributed by atoms with van der Waals surface area (Å²) in [5, 5.41) is 3.56. The Balaban J connectivity index is 2.70. The van der Waals surface area contributed by atoms with E-state index in [0.717, 1.165) is 6.54 Å². The first-order chi connectivity index (χ1) is 7.29. The summed E-state index contributed by atoms with van der Waals surface area (Å²) in [6.07, 6.45) is 0. The predicted octanol–water partition coefficient (Wildman–Crippen LogP) is 3.80. The zero-order valence-electron chi connectivity index (χ0n) is 11.5. The van der Waals surface area contributed by atoms with Crippen molar-refractivity contribution < 1.29 is 0 Å². The van der Waals surface area contributed by atoms with Crippen LogP contribution in [0.2, 0.25) is 0 Å². The van der Waals surface area contributed by atoms with Gasteiger partial charge < -0.3 is 5.32 Å². The molecule has 16 heavy (non-hydrogen) atoms. The van der Waals surface area contributed by atoms with Crippen LogP contribution in [0.5, 0.6) is 0 Å². The van der Waals surface area contributed by atoms with Crippen molar-refractivity contribution in [3.63, 3.8) is 0 Å². The zero-order chi connectivity index (χ0) is 12.3. The fourth-order valence-electron chi connectivity index (χ4n) is 1.95. The van der Waals surface area contributed by atoms with Crippen molar-refractivity contribution in [2.45, 2.75) is 53.0 Å². The first kappa shape index (κ1) is 13.2. The lowest BCUT2D eigenvalue weighted by molar-refractivity contribution is 0.412. The molecule has 1 aromatic rings. The molecule has 0 saturated heterocycles. The SMILES string of the molecule is Cc1ccc(C(C)CNC(C)(C)C)c(C)c1.